The van der Waals surface area contributed by atoms with E-state index in [4.69, 9.17) is 9.47 Å². The van der Waals surface area contributed by atoms with Gasteiger partial charge >= 0.3 is 6.09 Å². The molecule has 0 bridgehead atoms. The number of methoxy groups -OCH3 is 1. The number of nitrogens with one attached hydrogen (secondary N) is 3. The van der Waals surface area contributed by atoms with Crippen molar-refractivity contribution < 1.29 is 14.3 Å². The van der Waals surface area contributed by atoms with E-state index in [1.165, 1.54) is 0 Å². The molecule has 6 nitrogen and oxygen atoms in total. The molecule has 1 aromatic heterocycles. The molecule has 0 aliphatic carbocycles. The van der Waals surface area contributed by atoms with Gasteiger partial charge in [0.25, 0.3) is 0 Å². The van der Waals surface area contributed by atoms with E-state index in [0.29, 0.717) is 19.6 Å². The maximum absolute atomic E-state index is 11.5. The summed E-state index contributed by atoms with van der Waals surface area (Å²) in [7, 11) is 1.66. The Bertz CT molecular complexity index is 659. The van der Waals surface area contributed by atoms with Crippen LogP contribution in [-0.2, 0) is 11.3 Å². The molecule has 2 aromatic rings. The average molecular weight is 319 g/mol. The Hall–Kier alpha value is -2.21. The third-order valence-corrected chi connectivity index (χ3v) is 3.26. The monoisotopic (exact) mass is 319 g/mol. The zero-order valence-corrected chi connectivity index (χ0v) is 14.2. The van der Waals surface area contributed by atoms with Crippen LogP contribution >= 0.6 is 0 Å². The maximum Gasteiger partial charge on any atom is 0.407 e. The summed E-state index contributed by atoms with van der Waals surface area (Å²) in [6, 6.07) is 5.95. The third-order valence-electron chi connectivity index (χ3n) is 3.26. The number of carbonyl (C=O) groups excluding carboxylic acids is 1. The van der Waals surface area contributed by atoms with Crippen molar-refractivity contribution in [1.82, 2.24) is 15.6 Å². The van der Waals surface area contributed by atoms with Gasteiger partial charge in [-0.1, -0.05) is 0 Å². The molecule has 0 atom stereocenters. The molecule has 0 saturated heterocycles. The third kappa shape index (κ3) is 5.17. The molecule has 0 saturated carbocycles. The van der Waals surface area contributed by atoms with Gasteiger partial charge in [-0.2, -0.15) is 0 Å². The number of amides is 1. The number of aromatic amines is 1. The van der Waals surface area contributed by atoms with E-state index in [-0.39, 0.29) is 0 Å². The van der Waals surface area contributed by atoms with Crippen LogP contribution in [0.25, 0.3) is 10.9 Å². The first-order valence-electron chi connectivity index (χ1n) is 7.70. The van der Waals surface area contributed by atoms with Gasteiger partial charge in [0.1, 0.15) is 11.4 Å². The van der Waals surface area contributed by atoms with Crippen LogP contribution in [0.15, 0.2) is 24.4 Å². The topological polar surface area (TPSA) is 75.4 Å². The van der Waals surface area contributed by atoms with E-state index in [9.17, 15) is 4.79 Å². The lowest BCUT2D eigenvalue weighted by molar-refractivity contribution is 0.0528. The van der Waals surface area contributed by atoms with Gasteiger partial charge < -0.3 is 25.1 Å². The molecule has 0 aliphatic rings. The molecule has 0 fully saturated rings. The van der Waals surface area contributed by atoms with E-state index in [1.807, 2.05) is 45.2 Å². The van der Waals surface area contributed by atoms with Crippen LogP contribution in [0.2, 0.25) is 0 Å². The predicted octanol–water partition coefficient (Wildman–Crippen LogP) is 2.79. The van der Waals surface area contributed by atoms with Crippen LogP contribution in [0.4, 0.5) is 4.79 Å². The summed E-state index contributed by atoms with van der Waals surface area (Å²) in [4.78, 5) is 14.8. The number of hydrogen-bond acceptors (Lipinski definition) is 4. The van der Waals surface area contributed by atoms with Gasteiger partial charge in [-0.15, -0.1) is 0 Å². The first-order valence-corrected chi connectivity index (χ1v) is 7.70. The van der Waals surface area contributed by atoms with Crippen LogP contribution in [0.1, 0.15) is 26.3 Å². The van der Waals surface area contributed by atoms with Crippen molar-refractivity contribution >= 4 is 17.0 Å². The van der Waals surface area contributed by atoms with E-state index in [2.05, 4.69) is 15.6 Å². The standard InChI is InChI=1S/C17H25N3O3/c1-17(2,3)23-16(21)19-8-7-18-10-12-11-20-15-6-5-13(22-4)9-14(12)15/h5-6,9,11,18,20H,7-8,10H2,1-4H3,(H,19,21). The van der Waals surface area contributed by atoms with Gasteiger partial charge in [0.2, 0.25) is 0 Å². The van der Waals surface area contributed by atoms with Crippen molar-refractivity contribution in [3.63, 3.8) is 0 Å². The minimum atomic E-state index is -0.472. The molecule has 3 N–H and O–H groups in total. The van der Waals surface area contributed by atoms with Crippen molar-refractivity contribution in [3.05, 3.63) is 30.0 Å². The van der Waals surface area contributed by atoms with Gasteiger partial charge in [-0.25, -0.2) is 4.79 Å². The molecule has 23 heavy (non-hydrogen) atoms. The van der Waals surface area contributed by atoms with Crippen LogP contribution in [0.3, 0.4) is 0 Å². The van der Waals surface area contributed by atoms with Crippen molar-refractivity contribution in [2.45, 2.75) is 32.9 Å². The Balaban J connectivity index is 1.77. The first-order chi connectivity index (χ1) is 10.9. The van der Waals surface area contributed by atoms with Gasteiger partial charge in [-0.3, -0.25) is 0 Å². The highest BCUT2D eigenvalue weighted by molar-refractivity contribution is 5.84. The molecule has 6 heteroatoms. The summed E-state index contributed by atoms with van der Waals surface area (Å²) in [5.74, 6) is 0.838. The first kappa shape index (κ1) is 17.1. The lowest BCUT2D eigenvalue weighted by atomic mass is 10.1. The number of alkyl carbamates (subject to hydrolysis) is 1. The highest BCUT2D eigenvalue weighted by atomic mass is 16.6. The Kier molecular flexibility index (Phi) is 5.50. The number of H-pyrrole nitrogens is 1. The average Bonchev–Trinajstić information content (AvgIpc) is 2.87. The van der Waals surface area contributed by atoms with E-state index in [0.717, 1.165) is 22.2 Å². The van der Waals surface area contributed by atoms with Gasteiger partial charge in [0, 0.05) is 36.7 Å². The number of fused-ring (bicyclic) bond motifs is 1. The Morgan fingerprint density at radius 1 is 1.26 bits per heavy atom. The number of hydrogen-bond donors (Lipinski definition) is 3. The lowest BCUT2D eigenvalue weighted by Crippen LogP contribution is -2.36. The van der Waals surface area contributed by atoms with Crippen molar-refractivity contribution in [2.75, 3.05) is 20.2 Å². The lowest BCUT2D eigenvalue weighted by Gasteiger charge is -2.19. The number of carbonyl (C=O) groups is 1. The van der Waals surface area contributed by atoms with E-state index >= 15 is 0 Å². The van der Waals surface area contributed by atoms with E-state index < -0.39 is 11.7 Å². The molecule has 1 amide bonds. The molecule has 0 aliphatic heterocycles. The summed E-state index contributed by atoms with van der Waals surface area (Å²) in [5, 5.41) is 7.16. The fraction of sp³-hybridized carbons (Fsp3) is 0.471. The highest BCUT2D eigenvalue weighted by Gasteiger charge is 2.15. The predicted molar refractivity (Wildman–Crippen MR) is 90.8 cm³/mol. The molecule has 2 rings (SSSR count). The van der Waals surface area contributed by atoms with Crippen LogP contribution < -0.4 is 15.4 Å². The fourth-order valence-electron chi connectivity index (χ4n) is 2.22. The molecule has 0 spiro atoms. The Labute approximate surface area is 136 Å². The Morgan fingerprint density at radius 3 is 2.74 bits per heavy atom. The minimum absolute atomic E-state index is 0.392. The smallest absolute Gasteiger partial charge is 0.407 e. The van der Waals surface area contributed by atoms with Crippen molar-refractivity contribution in [1.29, 1.82) is 0 Å². The second-order valence-corrected chi connectivity index (χ2v) is 6.33. The molecule has 1 aromatic carbocycles. The molecule has 0 radical (unpaired) electrons. The number of rotatable bonds is 6. The molecular formula is C17H25N3O3. The zero-order valence-electron chi connectivity index (χ0n) is 14.2. The zero-order chi connectivity index (χ0) is 16.9. The fourth-order valence-corrected chi connectivity index (χ4v) is 2.22. The summed E-state index contributed by atoms with van der Waals surface area (Å²) in [6.07, 6.45) is 1.59. The maximum atomic E-state index is 11.5. The molecule has 126 valence electrons. The van der Waals surface area contributed by atoms with Crippen LogP contribution in [0, 0.1) is 0 Å². The highest BCUT2D eigenvalue weighted by Crippen LogP contribution is 2.23. The quantitative estimate of drug-likeness (QED) is 0.716. The van der Waals surface area contributed by atoms with Gasteiger partial charge in [0.15, 0.2) is 0 Å². The second kappa shape index (κ2) is 7.37. The van der Waals surface area contributed by atoms with Gasteiger partial charge in [-0.05, 0) is 44.5 Å². The Morgan fingerprint density at radius 2 is 2.04 bits per heavy atom. The summed E-state index contributed by atoms with van der Waals surface area (Å²) >= 11 is 0. The van der Waals surface area contributed by atoms with Gasteiger partial charge in [0.05, 0.1) is 7.11 Å². The molecule has 1 heterocycles. The number of ether oxygens (including phenoxy) is 2. The van der Waals surface area contributed by atoms with E-state index in [1.54, 1.807) is 7.11 Å². The number of benzene rings is 1. The second-order valence-electron chi connectivity index (χ2n) is 6.33. The summed E-state index contributed by atoms with van der Waals surface area (Å²) in [5.41, 5.74) is 1.77. The van der Waals surface area contributed by atoms with Crippen molar-refractivity contribution in [3.8, 4) is 5.75 Å². The molecular weight excluding hydrogens is 294 g/mol. The van der Waals surface area contributed by atoms with Crippen LogP contribution in [0.5, 0.6) is 5.75 Å². The van der Waals surface area contributed by atoms with Crippen molar-refractivity contribution in [2.24, 2.45) is 0 Å². The SMILES string of the molecule is COc1ccc2[nH]cc(CNCCNC(=O)OC(C)(C)C)c2c1. The normalized spacial score (nSPS) is 11.5. The van der Waals surface area contributed by atoms with Crippen LogP contribution in [-0.4, -0.2) is 36.9 Å². The minimum Gasteiger partial charge on any atom is -0.497 e. The molecule has 0 unspecified atom stereocenters. The summed E-state index contributed by atoms with van der Waals surface area (Å²) < 4.78 is 10.4. The number of aromatic nitrogens is 1. The largest absolute Gasteiger partial charge is 0.497 e. The summed E-state index contributed by atoms with van der Waals surface area (Å²) in [6.45, 7) is 7.42.